The highest BCUT2D eigenvalue weighted by Gasteiger charge is 2.26. The summed E-state index contributed by atoms with van der Waals surface area (Å²) in [6, 6.07) is 15.5. The fourth-order valence-electron chi connectivity index (χ4n) is 3.81. The van der Waals surface area contributed by atoms with E-state index in [1.165, 1.54) is 0 Å². The lowest BCUT2D eigenvalue weighted by Crippen LogP contribution is -2.46. The van der Waals surface area contributed by atoms with E-state index in [0.29, 0.717) is 31.5 Å². The lowest BCUT2D eigenvalue weighted by molar-refractivity contribution is 0.0700. The maximum Gasteiger partial charge on any atom is 0.254 e. The van der Waals surface area contributed by atoms with Crippen molar-refractivity contribution in [3.05, 3.63) is 65.7 Å². The normalized spacial score (nSPS) is 14.6. The number of carbonyl (C=O) groups is 2. The zero-order valence-electron chi connectivity index (χ0n) is 16.2. The van der Waals surface area contributed by atoms with Crippen molar-refractivity contribution >= 4 is 22.6 Å². The molecule has 30 heavy (non-hydrogen) atoms. The van der Waals surface area contributed by atoms with Gasteiger partial charge in [0.05, 0.1) is 0 Å². The third-order valence-electron chi connectivity index (χ3n) is 5.47. The molecule has 1 saturated heterocycles. The number of rotatable bonds is 3. The van der Waals surface area contributed by atoms with E-state index in [9.17, 15) is 24.9 Å². The Kier molecular flexibility index (Phi) is 5.18. The molecule has 0 atom stereocenters. The second-order valence-electron chi connectivity index (χ2n) is 7.43. The molecule has 1 aliphatic rings. The van der Waals surface area contributed by atoms with Crippen molar-refractivity contribution < 1.29 is 24.9 Å². The van der Waals surface area contributed by atoms with E-state index in [4.69, 9.17) is 0 Å². The fraction of sp³-hybridized carbons (Fsp3) is 0.217. The fourth-order valence-corrected chi connectivity index (χ4v) is 3.81. The van der Waals surface area contributed by atoms with Crippen molar-refractivity contribution in [2.45, 2.75) is 18.9 Å². The summed E-state index contributed by atoms with van der Waals surface area (Å²) in [6.45, 7) is 1.03. The molecule has 3 aromatic carbocycles. The van der Waals surface area contributed by atoms with Gasteiger partial charge in [0, 0.05) is 30.3 Å². The minimum absolute atomic E-state index is 0.0232. The minimum Gasteiger partial charge on any atom is -0.504 e. The molecule has 0 saturated carbocycles. The van der Waals surface area contributed by atoms with Gasteiger partial charge in [-0.05, 0) is 41.8 Å². The van der Waals surface area contributed by atoms with Gasteiger partial charge in [-0.3, -0.25) is 9.59 Å². The van der Waals surface area contributed by atoms with Gasteiger partial charge in [-0.15, -0.1) is 0 Å². The van der Waals surface area contributed by atoms with Crippen LogP contribution < -0.4 is 5.32 Å². The topological polar surface area (TPSA) is 110 Å². The smallest absolute Gasteiger partial charge is 0.254 e. The Morgan fingerprint density at radius 1 is 0.900 bits per heavy atom. The highest BCUT2D eigenvalue weighted by molar-refractivity contribution is 6.07. The number of fused-ring (bicyclic) bond motifs is 1. The Labute approximate surface area is 173 Å². The third-order valence-corrected chi connectivity index (χ3v) is 5.47. The second kappa shape index (κ2) is 7.94. The van der Waals surface area contributed by atoms with Crippen LogP contribution in [0.2, 0.25) is 0 Å². The lowest BCUT2D eigenvalue weighted by Gasteiger charge is -2.32. The number of hydrogen-bond donors (Lipinski definition) is 4. The first-order valence-electron chi connectivity index (χ1n) is 9.77. The molecule has 154 valence electrons. The van der Waals surface area contributed by atoms with Crippen LogP contribution in [0.1, 0.15) is 33.6 Å². The number of benzene rings is 3. The first-order valence-corrected chi connectivity index (χ1v) is 9.77. The van der Waals surface area contributed by atoms with Gasteiger partial charge < -0.3 is 25.5 Å². The summed E-state index contributed by atoms with van der Waals surface area (Å²) in [5.41, 5.74) is 0.725. The maximum absolute atomic E-state index is 13.0. The molecule has 1 aliphatic heterocycles. The van der Waals surface area contributed by atoms with Crippen LogP contribution in [0.4, 0.5) is 0 Å². The molecule has 0 unspecified atom stereocenters. The summed E-state index contributed by atoms with van der Waals surface area (Å²) in [6.07, 6.45) is 1.19. The predicted molar refractivity (Wildman–Crippen MR) is 112 cm³/mol. The van der Waals surface area contributed by atoms with Gasteiger partial charge in [0.15, 0.2) is 17.2 Å². The monoisotopic (exact) mass is 406 g/mol. The molecule has 0 aliphatic carbocycles. The number of hydrogen-bond acceptors (Lipinski definition) is 5. The Balaban J connectivity index is 1.40. The molecule has 4 N–H and O–H groups in total. The number of aromatic hydroxyl groups is 3. The summed E-state index contributed by atoms with van der Waals surface area (Å²) in [5, 5.41) is 33.4. The second-order valence-corrected chi connectivity index (χ2v) is 7.43. The number of likely N-dealkylation sites (tertiary alicyclic amines) is 1. The molecule has 0 radical (unpaired) electrons. The Morgan fingerprint density at radius 3 is 2.23 bits per heavy atom. The van der Waals surface area contributed by atoms with Crippen LogP contribution in [0, 0.1) is 0 Å². The molecule has 0 bridgehead atoms. The van der Waals surface area contributed by atoms with Crippen molar-refractivity contribution in [3.8, 4) is 17.2 Å². The maximum atomic E-state index is 13.0. The molecular weight excluding hydrogens is 384 g/mol. The largest absolute Gasteiger partial charge is 0.504 e. The number of nitrogens with zero attached hydrogens (tertiary/aromatic N) is 1. The Morgan fingerprint density at radius 2 is 1.53 bits per heavy atom. The Bertz CT molecular complexity index is 1090. The van der Waals surface area contributed by atoms with E-state index in [0.717, 1.165) is 22.9 Å². The number of phenolic OH excluding ortho intramolecular Hbond substituents is 3. The average Bonchev–Trinajstić information content (AvgIpc) is 2.76. The summed E-state index contributed by atoms with van der Waals surface area (Å²) < 4.78 is 0. The molecule has 7 heteroatoms. The molecule has 2 amide bonds. The van der Waals surface area contributed by atoms with Crippen LogP contribution >= 0.6 is 0 Å². The molecule has 0 spiro atoms. The summed E-state index contributed by atoms with van der Waals surface area (Å²) in [7, 11) is 0. The summed E-state index contributed by atoms with van der Waals surface area (Å²) in [4.78, 5) is 27.2. The minimum atomic E-state index is -0.660. The van der Waals surface area contributed by atoms with Crippen LogP contribution in [0.5, 0.6) is 17.2 Å². The molecule has 0 aromatic heterocycles. The third kappa shape index (κ3) is 3.74. The quantitative estimate of drug-likeness (QED) is 0.500. The standard InChI is InChI=1S/C23H22N2O5/c26-19-12-15(13-20(27)21(19)28)22(29)24-16-8-10-25(11-9-16)23(30)18-7-3-5-14-4-1-2-6-17(14)18/h1-7,12-13,16,26-28H,8-11H2,(H,24,29). The van der Waals surface area contributed by atoms with Crippen LogP contribution in [0.15, 0.2) is 54.6 Å². The first-order chi connectivity index (χ1) is 14.4. The van der Waals surface area contributed by atoms with Crippen molar-refractivity contribution in [1.82, 2.24) is 10.2 Å². The van der Waals surface area contributed by atoms with Gasteiger partial charge in [-0.2, -0.15) is 0 Å². The van der Waals surface area contributed by atoms with Gasteiger partial charge in [0.2, 0.25) is 0 Å². The van der Waals surface area contributed by atoms with Gasteiger partial charge in [-0.1, -0.05) is 36.4 Å². The zero-order chi connectivity index (χ0) is 21.3. The van der Waals surface area contributed by atoms with Gasteiger partial charge in [-0.25, -0.2) is 0 Å². The number of phenols is 3. The van der Waals surface area contributed by atoms with E-state index < -0.39 is 23.2 Å². The zero-order valence-corrected chi connectivity index (χ0v) is 16.2. The van der Waals surface area contributed by atoms with Crippen LogP contribution in [0.25, 0.3) is 10.8 Å². The van der Waals surface area contributed by atoms with Crippen molar-refractivity contribution in [2.24, 2.45) is 0 Å². The van der Waals surface area contributed by atoms with E-state index in [2.05, 4.69) is 5.32 Å². The predicted octanol–water partition coefficient (Wildman–Crippen LogP) is 2.99. The van der Waals surface area contributed by atoms with Crippen LogP contribution in [0.3, 0.4) is 0 Å². The lowest BCUT2D eigenvalue weighted by atomic mass is 10.0. The van der Waals surface area contributed by atoms with Gasteiger partial charge in [0.1, 0.15) is 0 Å². The number of amides is 2. The average molecular weight is 406 g/mol. The SMILES string of the molecule is O=C(NC1CCN(C(=O)c2cccc3ccccc23)CC1)c1cc(O)c(O)c(O)c1. The molecule has 7 nitrogen and oxygen atoms in total. The van der Waals surface area contributed by atoms with E-state index in [-0.39, 0.29) is 17.5 Å². The van der Waals surface area contributed by atoms with Crippen LogP contribution in [-0.2, 0) is 0 Å². The number of carbonyl (C=O) groups excluding carboxylic acids is 2. The van der Waals surface area contributed by atoms with E-state index in [1.54, 1.807) is 4.90 Å². The van der Waals surface area contributed by atoms with Gasteiger partial charge >= 0.3 is 0 Å². The van der Waals surface area contributed by atoms with Gasteiger partial charge in [0.25, 0.3) is 11.8 Å². The van der Waals surface area contributed by atoms with Crippen molar-refractivity contribution in [1.29, 1.82) is 0 Å². The number of piperidine rings is 1. The van der Waals surface area contributed by atoms with Crippen molar-refractivity contribution in [2.75, 3.05) is 13.1 Å². The van der Waals surface area contributed by atoms with Crippen LogP contribution in [-0.4, -0.2) is 51.2 Å². The highest BCUT2D eigenvalue weighted by Crippen LogP contribution is 2.35. The van der Waals surface area contributed by atoms with E-state index in [1.807, 2.05) is 42.5 Å². The summed E-state index contributed by atoms with van der Waals surface area (Å²) in [5.74, 6) is -2.26. The van der Waals surface area contributed by atoms with E-state index >= 15 is 0 Å². The molecule has 3 aromatic rings. The molecule has 1 fully saturated rings. The van der Waals surface area contributed by atoms with Crippen molar-refractivity contribution in [3.63, 3.8) is 0 Å². The number of nitrogens with one attached hydrogen (secondary N) is 1. The summed E-state index contributed by atoms with van der Waals surface area (Å²) >= 11 is 0. The first kappa shape index (κ1) is 19.6. The molecular formula is C23H22N2O5. The molecule has 1 heterocycles. The molecule has 4 rings (SSSR count). The highest BCUT2D eigenvalue weighted by atomic mass is 16.3. The Hall–Kier alpha value is -3.74.